The van der Waals surface area contributed by atoms with Gasteiger partial charge in [-0.05, 0) is 57.5 Å². The van der Waals surface area contributed by atoms with Crippen molar-refractivity contribution in [1.82, 2.24) is 10.2 Å². The number of likely N-dealkylation sites (tertiary alicyclic amines) is 1. The average Bonchev–Trinajstić information content (AvgIpc) is 2.38. The molecule has 1 N–H and O–H groups in total. The summed E-state index contributed by atoms with van der Waals surface area (Å²) in [5.41, 5.74) is 0. The van der Waals surface area contributed by atoms with E-state index in [1.54, 1.807) is 0 Å². The molecule has 0 aliphatic carbocycles. The smallest absolute Gasteiger partial charge is 0.222 e. The fourth-order valence-electron chi connectivity index (χ4n) is 2.80. The van der Waals surface area contributed by atoms with E-state index in [4.69, 9.17) is 0 Å². The first-order chi connectivity index (χ1) is 7.86. The molecule has 2 heterocycles. The summed E-state index contributed by atoms with van der Waals surface area (Å²) in [5.74, 6) is 1.13. The van der Waals surface area contributed by atoms with Crippen LogP contribution in [0.15, 0.2) is 0 Å². The van der Waals surface area contributed by atoms with E-state index >= 15 is 0 Å². The Kier molecular flexibility index (Phi) is 4.64. The van der Waals surface area contributed by atoms with E-state index in [0.29, 0.717) is 5.91 Å². The van der Waals surface area contributed by atoms with Gasteiger partial charge in [0.05, 0.1) is 0 Å². The van der Waals surface area contributed by atoms with E-state index in [9.17, 15) is 4.79 Å². The predicted molar refractivity (Wildman–Crippen MR) is 65.3 cm³/mol. The highest BCUT2D eigenvalue weighted by molar-refractivity contribution is 5.76. The third-order valence-corrected chi connectivity index (χ3v) is 3.87. The lowest BCUT2D eigenvalue weighted by atomic mass is 9.94. The minimum Gasteiger partial charge on any atom is -0.343 e. The highest BCUT2D eigenvalue weighted by Gasteiger charge is 2.19. The van der Waals surface area contributed by atoms with Gasteiger partial charge < -0.3 is 10.2 Å². The lowest BCUT2D eigenvalue weighted by Crippen LogP contribution is -2.36. The number of nitrogens with zero attached hydrogens (tertiary/aromatic N) is 1. The van der Waals surface area contributed by atoms with Crippen LogP contribution in [0.1, 0.15) is 44.9 Å². The zero-order valence-corrected chi connectivity index (χ0v) is 10.2. The third-order valence-electron chi connectivity index (χ3n) is 3.87. The molecule has 92 valence electrons. The molecular formula is C13H24N2O. The quantitative estimate of drug-likeness (QED) is 0.792. The van der Waals surface area contributed by atoms with Gasteiger partial charge in [0.15, 0.2) is 0 Å². The molecule has 0 spiro atoms. The first-order valence-corrected chi connectivity index (χ1v) is 6.85. The average molecular weight is 224 g/mol. The lowest BCUT2D eigenvalue weighted by Gasteiger charge is -2.28. The molecule has 0 aromatic carbocycles. The maximum atomic E-state index is 11.9. The van der Waals surface area contributed by atoms with E-state index in [2.05, 4.69) is 10.2 Å². The standard InChI is InChI=1S/C13H24N2O/c16-13(15-9-2-1-3-10-15)7-6-12-5-4-8-14-11-12/h12,14H,1-11H2. The molecule has 1 unspecified atom stereocenters. The maximum Gasteiger partial charge on any atom is 0.222 e. The molecule has 2 saturated heterocycles. The van der Waals surface area contributed by atoms with Crippen molar-refractivity contribution in [1.29, 1.82) is 0 Å². The van der Waals surface area contributed by atoms with Crippen molar-refractivity contribution in [2.75, 3.05) is 26.2 Å². The minimum atomic E-state index is 0.394. The van der Waals surface area contributed by atoms with Crippen LogP contribution in [0.2, 0.25) is 0 Å². The van der Waals surface area contributed by atoms with Crippen molar-refractivity contribution in [3.8, 4) is 0 Å². The summed E-state index contributed by atoms with van der Waals surface area (Å²) >= 11 is 0. The molecule has 0 aromatic heterocycles. The number of piperidine rings is 2. The van der Waals surface area contributed by atoms with Crippen LogP contribution in [-0.2, 0) is 4.79 Å². The van der Waals surface area contributed by atoms with Crippen molar-refractivity contribution >= 4 is 5.91 Å². The summed E-state index contributed by atoms with van der Waals surface area (Å²) in [6.07, 6.45) is 8.15. The van der Waals surface area contributed by atoms with Crippen molar-refractivity contribution in [2.45, 2.75) is 44.9 Å². The Balaban J connectivity index is 1.65. The Morgan fingerprint density at radius 1 is 1.19 bits per heavy atom. The molecule has 3 nitrogen and oxygen atoms in total. The van der Waals surface area contributed by atoms with Crippen LogP contribution < -0.4 is 5.32 Å². The van der Waals surface area contributed by atoms with Gasteiger partial charge in [-0.25, -0.2) is 0 Å². The Hall–Kier alpha value is -0.570. The summed E-state index contributed by atoms with van der Waals surface area (Å²) in [6, 6.07) is 0. The molecule has 0 saturated carbocycles. The topological polar surface area (TPSA) is 32.3 Å². The molecule has 0 aromatic rings. The Bertz CT molecular complexity index is 218. The van der Waals surface area contributed by atoms with Gasteiger partial charge in [-0.15, -0.1) is 0 Å². The molecule has 0 radical (unpaired) electrons. The lowest BCUT2D eigenvalue weighted by molar-refractivity contribution is -0.132. The number of carbonyl (C=O) groups is 1. The van der Waals surface area contributed by atoms with Gasteiger partial charge in [0.25, 0.3) is 0 Å². The molecule has 16 heavy (non-hydrogen) atoms. The first-order valence-electron chi connectivity index (χ1n) is 6.85. The van der Waals surface area contributed by atoms with Crippen LogP contribution in [-0.4, -0.2) is 37.0 Å². The van der Waals surface area contributed by atoms with Gasteiger partial charge in [-0.2, -0.15) is 0 Å². The molecule has 2 rings (SSSR count). The van der Waals surface area contributed by atoms with Gasteiger partial charge in [-0.1, -0.05) is 0 Å². The SMILES string of the molecule is O=C(CCC1CCCNC1)N1CCCCC1. The van der Waals surface area contributed by atoms with Gasteiger partial charge in [-0.3, -0.25) is 4.79 Å². The summed E-state index contributed by atoms with van der Waals surface area (Å²) in [7, 11) is 0. The number of hydrogen-bond acceptors (Lipinski definition) is 2. The van der Waals surface area contributed by atoms with Gasteiger partial charge in [0.2, 0.25) is 5.91 Å². The zero-order chi connectivity index (χ0) is 11.2. The minimum absolute atomic E-state index is 0.394. The number of carbonyl (C=O) groups excluding carboxylic acids is 1. The molecule has 1 amide bonds. The van der Waals surface area contributed by atoms with Crippen LogP contribution >= 0.6 is 0 Å². The van der Waals surface area contributed by atoms with E-state index in [1.165, 1.54) is 32.1 Å². The monoisotopic (exact) mass is 224 g/mol. The summed E-state index contributed by atoms with van der Waals surface area (Å²) < 4.78 is 0. The normalized spacial score (nSPS) is 26.8. The van der Waals surface area contributed by atoms with E-state index in [-0.39, 0.29) is 0 Å². The predicted octanol–water partition coefficient (Wildman–Crippen LogP) is 1.78. The molecule has 2 aliphatic rings. The fraction of sp³-hybridized carbons (Fsp3) is 0.923. The molecule has 3 heteroatoms. The summed E-state index contributed by atoms with van der Waals surface area (Å²) in [5, 5.41) is 3.41. The van der Waals surface area contributed by atoms with Crippen molar-refractivity contribution in [3.63, 3.8) is 0 Å². The third kappa shape index (κ3) is 3.48. The fourth-order valence-corrected chi connectivity index (χ4v) is 2.80. The maximum absolute atomic E-state index is 11.9. The van der Waals surface area contributed by atoms with Crippen LogP contribution in [0.25, 0.3) is 0 Å². The van der Waals surface area contributed by atoms with Crippen LogP contribution in [0.4, 0.5) is 0 Å². The van der Waals surface area contributed by atoms with Gasteiger partial charge in [0.1, 0.15) is 0 Å². The Morgan fingerprint density at radius 3 is 2.69 bits per heavy atom. The molecular weight excluding hydrogens is 200 g/mol. The van der Waals surface area contributed by atoms with Crippen LogP contribution in [0, 0.1) is 5.92 Å². The number of rotatable bonds is 3. The second-order valence-electron chi connectivity index (χ2n) is 5.19. The second-order valence-corrected chi connectivity index (χ2v) is 5.19. The van der Waals surface area contributed by atoms with Crippen molar-refractivity contribution < 1.29 is 4.79 Å². The second kappa shape index (κ2) is 6.24. The van der Waals surface area contributed by atoms with Crippen LogP contribution in [0.5, 0.6) is 0 Å². The van der Waals surface area contributed by atoms with E-state index in [0.717, 1.165) is 44.9 Å². The largest absolute Gasteiger partial charge is 0.343 e. The first kappa shape index (κ1) is 11.9. The summed E-state index contributed by atoms with van der Waals surface area (Å²) in [6.45, 7) is 4.29. The summed E-state index contributed by atoms with van der Waals surface area (Å²) in [4.78, 5) is 14.0. The van der Waals surface area contributed by atoms with Crippen LogP contribution in [0.3, 0.4) is 0 Å². The van der Waals surface area contributed by atoms with Crippen molar-refractivity contribution in [2.24, 2.45) is 5.92 Å². The van der Waals surface area contributed by atoms with E-state index < -0.39 is 0 Å². The van der Waals surface area contributed by atoms with E-state index in [1.807, 2.05) is 0 Å². The Morgan fingerprint density at radius 2 is 2.00 bits per heavy atom. The number of hydrogen-bond donors (Lipinski definition) is 1. The highest BCUT2D eigenvalue weighted by atomic mass is 16.2. The molecule has 2 aliphatic heterocycles. The zero-order valence-electron chi connectivity index (χ0n) is 10.2. The van der Waals surface area contributed by atoms with Crippen molar-refractivity contribution in [3.05, 3.63) is 0 Å². The van der Waals surface area contributed by atoms with Gasteiger partial charge in [0, 0.05) is 19.5 Å². The van der Waals surface area contributed by atoms with Gasteiger partial charge >= 0.3 is 0 Å². The number of nitrogens with one attached hydrogen (secondary N) is 1. The Labute approximate surface area is 98.6 Å². The molecule has 2 fully saturated rings. The highest BCUT2D eigenvalue weighted by Crippen LogP contribution is 2.17. The molecule has 0 bridgehead atoms. The number of amides is 1. The molecule has 1 atom stereocenters.